The molecule has 3 rings (SSSR count). The molecule has 1 aromatic carbocycles. The number of halogens is 1. The van der Waals surface area contributed by atoms with E-state index < -0.39 is 0 Å². The number of nitrogens with zero attached hydrogens (tertiary/aromatic N) is 2. The predicted molar refractivity (Wildman–Crippen MR) is 117 cm³/mol. The quantitative estimate of drug-likeness (QED) is 0.414. The molecule has 0 aromatic heterocycles. The standard InChI is InChI=1S/C20H31N3O2.HI/c1-15-6-7-18(16(2)13-15)19-14-23(10-12-25-19)20(21-3)22-9-8-17-5-4-11-24-17;/h6-7,13,17,19H,4-5,8-12,14H2,1-3H3,(H,21,22);1H. The number of hydrogen-bond acceptors (Lipinski definition) is 3. The fourth-order valence-electron chi connectivity index (χ4n) is 3.77. The van der Waals surface area contributed by atoms with Gasteiger partial charge in [-0.25, -0.2) is 0 Å². The molecule has 2 fully saturated rings. The highest BCUT2D eigenvalue weighted by molar-refractivity contribution is 14.0. The van der Waals surface area contributed by atoms with Crippen LogP contribution >= 0.6 is 24.0 Å². The number of aryl methyl sites for hydroxylation is 2. The van der Waals surface area contributed by atoms with Gasteiger partial charge in [-0.05, 0) is 44.2 Å². The van der Waals surface area contributed by atoms with Crippen LogP contribution in [-0.4, -0.2) is 56.9 Å². The van der Waals surface area contributed by atoms with E-state index in [1.54, 1.807) is 0 Å². The summed E-state index contributed by atoms with van der Waals surface area (Å²) in [5, 5.41) is 3.50. The number of aliphatic imine (C=N–C) groups is 1. The Bertz CT molecular complexity index is 603. The van der Waals surface area contributed by atoms with Crippen LogP contribution in [0.5, 0.6) is 0 Å². The van der Waals surface area contributed by atoms with E-state index in [0.717, 1.165) is 45.2 Å². The van der Waals surface area contributed by atoms with Crippen LogP contribution in [-0.2, 0) is 9.47 Å². The molecule has 2 unspecified atom stereocenters. The highest BCUT2D eigenvalue weighted by atomic mass is 127. The van der Waals surface area contributed by atoms with Crippen molar-refractivity contribution < 1.29 is 9.47 Å². The number of guanidine groups is 1. The van der Waals surface area contributed by atoms with Gasteiger partial charge in [-0.2, -0.15) is 0 Å². The monoisotopic (exact) mass is 473 g/mol. The fourth-order valence-corrected chi connectivity index (χ4v) is 3.77. The highest BCUT2D eigenvalue weighted by Gasteiger charge is 2.25. The molecular formula is C20H32IN3O2. The average Bonchev–Trinajstić information content (AvgIpc) is 3.12. The summed E-state index contributed by atoms with van der Waals surface area (Å²) in [6.07, 6.45) is 3.95. The summed E-state index contributed by atoms with van der Waals surface area (Å²) < 4.78 is 11.7. The minimum absolute atomic E-state index is 0. The molecular weight excluding hydrogens is 441 g/mol. The number of morpholine rings is 1. The molecule has 0 amide bonds. The summed E-state index contributed by atoms with van der Waals surface area (Å²) in [5.41, 5.74) is 3.87. The molecule has 146 valence electrons. The van der Waals surface area contributed by atoms with Crippen LogP contribution in [0.1, 0.15) is 42.1 Å². The van der Waals surface area contributed by atoms with Crippen molar-refractivity contribution in [3.05, 3.63) is 34.9 Å². The van der Waals surface area contributed by atoms with Gasteiger partial charge in [0.05, 0.1) is 19.3 Å². The lowest BCUT2D eigenvalue weighted by Crippen LogP contribution is -2.48. The number of benzene rings is 1. The molecule has 0 bridgehead atoms. The van der Waals surface area contributed by atoms with Gasteiger partial charge in [-0.3, -0.25) is 4.99 Å². The van der Waals surface area contributed by atoms with Gasteiger partial charge in [-0.15, -0.1) is 24.0 Å². The molecule has 0 spiro atoms. The van der Waals surface area contributed by atoms with E-state index in [9.17, 15) is 0 Å². The van der Waals surface area contributed by atoms with Crippen molar-refractivity contribution in [2.45, 2.75) is 45.3 Å². The van der Waals surface area contributed by atoms with E-state index in [0.29, 0.717) is 6.10 Å². The van der Waals surface area contributed by atoms with E-state index in [1.165, 1.54) is 29.5 Å². The van der Waals surface area contributed by atoms with Crippen LogP contribution in [0.2, 0.25) is 0 Å². The third kappa shape index (κ3) is 5.57. The first-order valence-corrected chi connectivity index (χ1v) is 9.43. The van der Waals surface area contributed by atoms with Crippen molar-refractivity contribution in [1.29, 1.82) is 0 Å². The second-order valence-electron chi connectivity index (χ2n) is 7.06. The van der Waals surface area contributed by atoms with E-state index in [2.05, 4.69) is 47.3 Å². The van der Waals surface area contributed by atoms with Gasteiger partial charge in [0.25, 0.3) is 0 Å². The SMILES string of the molecule is CN=C(NCCC1CCCO1)N1CCOC(c2ccc(C)cc2C)C1.I. The van der Waals surface area contributed by atoms with Crippen LogP contribution in [0.4, 0.5) is 0 Å². The second kappa shape index (κ2) is 10.5. The molecule has 6 heteroatoms. The third-order valence-corrected chi connectivity index (χ3v) is 5.12. The van der Waals surface area contributed by atoms with Crippen LogP contribution < -0.4 is 5.32 Å². The van der Waals surface area contributed by atoms with Crippen molar-refractivity contribution in [3.63, 3.8) is 0 Å². The zero-order chi connectivity index (χ0) is 17.6. The van der Waals surface area contributed by atoms with Gasteiger partial charge in [0.15, 0.2) is 5.96 Å². The van der Waals surface area contributed by atoms with Crippen molar-refractivity contribution in [1.82, 2.24) is 10.2 Å². The number of hydrogen-bond donors (Lipinski definition) is 1. The molecule has 2 heterocycles. The Balaban J connectivity index is 0.00000243. The molecule has 0 aliphatic carbocycles. The van der Waals surface area contributed by atoms with Crippen LogP contribution in [0.3, 0.4) is 0 Å². The molecule has 0 saturated carbocycles. The minimum atomic E-state index is 0. The maximum Gasteiger partial charge on any atom is 0.193 e. The molecule has 0 radical (unpaired) electrons. The van der Waals surface area contributed by atoms with Crippen molar-refractivity contribution in [2.75, 3.05) is 39.9 Å². The first-order chi connectivity index (χ1) is 12.2. The molecule has 2 saturated heterocycles. The number of nitrogens with one attached hydrogen (secondary N) is 1. The van der Waals surface area contributed by atoms with Crippen molar-refractivity contribution >= 4 is 29.9 Å². The van der Waals surface area contributed by atoms with Gasteiger partial charge >= 0.3 is 0 Å². The van der Waals surface area contributed by atoms with E-state index in [1.807, 2.05) is 7.05 Å². The summed E-state index contributed by atoms with van der Waals surface area (Å²) in [6, 6.07) is 6.60. The normalized spacial score (nSPS) is 23.7. The maximum atomic E-state index is 6.05. The Kier molecular flexibility index (Phi) is 8.63. The Morgan fingerprint density at radius 1 is 1.27 bits per heavy atom. The average molecular weight is 473 g/mol. The van der Waals surface area contributed by atoms with E-state index in [4.69, 9.17) is 9.47 Å². The molecule has 2 atom stereocenters. The van der Waals surface area contributed by atoms with Gasteiger partial charge in [0.1, 0.15) is 6.10 Å². The molecule has 1 aromatic rings. The number of ether oxygens (including phenoxy) is 2. The van der Waals surface area contributed by atoms with Crippen molar-refractivity contribution in [2.24, 2.45) is 4.99 Å². The van der Waals surface area contributed by atoms with Gasteiger partial charge < -0.3 is 19.7 Å². The van der Waals surface area contributed by atoms with Crippen molar-refractivity contribution in [3.8, 4) is 0 Å². The van der Waals surface area contributed by atoms with E-state index in [-0.39, 0.29) is 30.1 Å². The summed E-state index contributed by atoms with van der Waals surface area (Å²) >= 11 is 0. The predicted octanol–water partition coefficient (Wildman–Crippen LogP) is 3.44. The molecule has 2 aliphatic rings. The Hall–Kier alpha value is -0.860. The van der Waals surface area contributed by atoms with Gasteiger partial charge in [0.2, 0.25) is 0 Å². The molecule has 2 aliphatic heterocycles. The topological polar surface area (TPSA) is 46.1 Å². The molecule has 26 heavy (non-hydrogen) atoms. The molecule has 5 nitrogen and oxygen atoms in total. The molecule has 1 N–H and O–H groups in total. The van der Waals surface area contributed by atoms with E-state index >= 15 is 0 Å². The lowest BCUT2D eigenvalue weighted by molar-refractivity contribution is -0.00838. The lowest BCUT2D eigenvalue weighted by Gasteiger charge is -2.36. The summed E-state index contributed by atoms with van der Waals surface area (Å²) in [6.45, 7) is 8.56. The van der Waals surface area contributed by atoms with Gasteiger partial charge in [0, 0.05) is 26.7 Å². The maximum absolute atomic E-state index is 6.05. The summed E-state index contributed by atoms with van der Waals surface area (Å²) in [4.78, 5) is 6.78. The summed E-state index contributed by atoms with van der Waals surface area (Å²) in [5.74, 6) is 0.969. The third-order valence-electron chi connectivity index (χ3n) is 5.12. The number of rotatable bonds is 4. The fraction of sp³-hybridized carbons (Fsp3) is 0.650. The first kappa shape index (κ1) is 21.4. The Morgan fingerprint density at radius 2 is 2.12 bits per heavy atom. The summed E-state index contributed by atoms with van der Waals surface area (Å²) in [7, 11) is 1.86. The van der Waals surface area contributed by atoms with Gasteiger partial charge in [-0.1, -0.05) is 23.8 Å². The highest BCUT2D eigenvalue weighted by Crippen LogP contribution is 2.26. The first-order valence-electron chi connectivity index (χ1n) is 9.43. The largest absolute Gasteiger partial charge is 0.378 e. The zero-order valence-corrected chi connectivity index (χ0v) is 18.5. The second-order valence-corrected chi connectivity index (χ2v) is 7.06. The minimum Gasteiger partial charge on any atom is -0.378 e. The lowest BCUT2D eigenvalue weighted by atomic mass is 10.00. The zero-order valence-electron chi connectivity index (χ0n) is 16.2. The van der Waals surface area contributed by atoms with Crippen LogP contribution in [0.25, 0.3) is 0 Å². The van der Waals surface area contributed by atoms with Crippen LogP contribution in [0.15, 0.2) is 23.2 Å². The van der Waals surface area contributed by atoms with Crippen LogP contribution in [0, 0.1) is 13.8 Å². The smallest absolute Gasteiger partial charge is 0.193 e. The Morgan fingerprint density at radius 3 is 2.81 bits per heavy atom. The Labute approximate surface area is 174 Å².